The normalized spacial score (nSPS) is 11.9. The number of rotatable bonds is 8. The van der Waals surface area contributed by atoms with Crippen LogP contribution in [0, 0.1) is 11.3 Å². The number of nitrogens with one attached hydrogen (secondary N) is 1. The molecule has 0 radical (unpaired) electrons. The van der Waals surface area contributed by atoms with Gasteiger partial charge in [-0.2, -0.15) is 5.26 Å². The summed E-state index contributed by atoms with van der Waals surface area (Å²) in [4.78, 5) is 26.6. The number of nitriles is 1. The topological polar surface area (TPSA) is 117 Å². The van der Waals surface area contributed by atoms with Gasteiger partial charge in [-0.3, -0.25) is 4.79 Å². The molecule has 0 aromatic heterocycles. The maximum atomic E-state index is 12.9. The highest BCUT2D eigenvalue weighted by molar-refractivity contribution is 7.89. The largest absolute Gasteiger partial charge is 0.449 e. The van der Waals surface area contributed by atoms with E-state index in [1.54, 1.807) is 30.3 Å². The summed E-state index contributed by atoms with van der Waals surface area (Å²) >= 11 is 6.03. The lowest BCUT2D eigenvalue weighted by Crippen LogP contribution is -2.40. The molecule has 0 heterocycles. The average molecular weight is 450 g/mol. The molecule has 1 amide bonds. The van der Waals surface area contributed by atoms with E-state index in [2.05, 4.69) is 4.72 Å². The van der Waals surface area contributed by atoms with Gasteiger partial charge in [0.2, 0.25) is 10.0 Å². The van der Waals surface area contributed by atoms with Gasteiger partial charge < -0.3 is 9.64 Å². The number of carbonyl (C=O) groups excluding carboxylic acids is 2. The molecule has 0 spiro atoms. The van der Waals surface area contributed by atoms with Crippen LogP contribution in [0.2, 0.25) is 5.02 Å². The second kappa shape index (κ2) is 10.2. The molecule has 0 aliphatic rings. The molecular weight excluding hydrogens is 430 g/mol. The van der Waals surface area contributed by atoms with E-state index in [1.165, 1.54) is 31.0 Å². The van der Waals surface area contributed by atoms with Crippen LogP contribution in [0.4, 0.5) is 5.69 Å². The maximum Gasteiger partial charge on any atom is 0.340 e. The summed E-state index contributed by atoms with van der Waals surface area (Å²) in [5.74, 6) is -1.47. The Morgan fingerprint density at radius 2 is 1.90 bits per heavy atom. The van der Waals surface area contributed by atoms with Crippen molar-refractivity contribution in [1.29, 1.82) is 5.26 Å². The number of nitrogens with zero attached hydrogens (tertiary/aromatic N) is 2. The molecule has 10 heteroatoms. The Labute approximate surface area is 180 Å². The van der Waals surface area contributed by atoms with Crippen molar-refractivity contribution in [2.45, 2.75) is 24.3 Å². The number of halogens is 1. The SMILES string of the molecule is CNS(=O)(=O)c1ccc(Cl)c(C(=O)OC(C)C(=O)N(CCC#N)c2ccccc2)c1. The van der Waals surface area contributed by atoms with E-state index in [-0.39, 0.29) is 28.4 Å². The lowest BCUT2D eigenvalue weighted by atomic mass is 10.2. The molecule has 0 aliphatic carbocycles. The van der Waals surface area contributed by atoms with Gasteiger partial charge >= 0.3 is 5.97 Å². The summed E-state index contributed by atoms with van der Waals surface area (Å²) in [6, 6.07) is 14.2. The fourth-order valence-corrected chi connectivity index (χ4v) is 3.53. The van der Waals surface area contributed by atoms with Gasteiger partial charge in [-0.05, 0) is 44.3 Å². The molecule has 0 bridgehead atoms. The third kappa shape index (κ3) is 5.57. The first-order chi connectivity index (χ1) is 14.2. The molecule has 2 aromatic rings. The second-order valence-corrected chi connectivity index (χ2v) is 8.42. The monoisotopic (exact) mass is 449 g/mol. The fourth-order valence-electron chi connectivity index (χ4n) is 2.58. The van der Waals surface area contributed by atoms with Gasteiger partial charge in [0.15, 0.2) is 6.10 Å². The summed E-state index contributed by atoms with van der Waals surface area (Å²) in [6.07, 6.45) is -1.10. The van der Waals surface area contributed by atoms with E-state index in [0.29, 0.717) is 5.69 Å². The molecule has 2 aromatic carbocycles. The van der Waals surface area contributed by atoms with E-state index >= 15 is 0 Å². The van der Waals surface area contributed by atoms with Crippen LogP contribution in [0.15, 0.2) is 53.4 Å². The van der Waals surface area contributed by atoms with Gasteiger partial charge in [0, 0.05) is 12.2 Å². The molecule has 2 rings (SSSR count). The number of amides is 1. The highest BCUT2D eigenvalue weighted by Gasteiger charge is 2.27. The van der Waals surface area contributed by atoms with Crippen LogP contribution in [0.1, 0.15) is 23.7 Å². The summed E-state index contributed by atoms with van der Waals surface area (Å²) in [5, 5.41) is 8.86. The Morgan fingerprint density at radius 1 is 1.23 bits per heavy atom. The lowest BCUT2D eigenvalue weighted by Gasteiger charge is -2.25. The Bertz CT molecular complexity index is 1070. The van der Waals surface area contributed by atoms with Gasteiger partial charge in [-0.1, -0.05) is 29.8 Å². The molecule has 0 saturated carbocycles. The number of ether oxygens (including phenoxy) is 1. The van der Waals surface area contributed by atoms with Gasteiger partial charge in [-0.25, -0.2) is 17.9 Å². The smallest absolute Gasteiger partial charge is 0.340 e. The number of hydrogen-bond acceptors (Lipinski definition) is 6. The minimum atomic E-state index is -3.80. The van der Waals surface area contributed by atoms with Gasteiger partial charge in [-0.15, -0.1) is 0 Å². The quantitative estimate of drug-likeness (QED) is 0.619. The van der Waals surface area contributed by atoms with E-state index in [0.717, 1.165) is 6.07 Å². The van der Waals surface area contributed by atoms with Crippen LogP contribution in [-0.2, 0) is 19.6 Å². The van der Waals surface area contributed by atoms with E-state index in [9.17, 15) is 18.0 Å². The van der Waals surface area contributed by atoms with Crippen LogP contribution in [0.25, 0.3) is 0 Å². The molecular formula is C20H20ClN3O5S. The predicted octanol–water partition coefficient (Wildman–Crippen LogP) is 2.74. The van der Waals surface area contributed by atoms with Crippen molar-refractivity contribution in [3.8, 4) is 6.07 Å². The Hall–Kier alpha value is -2.93. The van der Waals surface area contributed by atoms with Gasteiger partial charge in [0.1, 0.15) is 0 Å². The summed E-state index contributed by atoms with van der Waals surface area (Å²) in [5.41, 5.74) is 0.372. The standard InChI is InChI=1S/C20H20ClN3O5S/c1-14(19(25)24(12-6-11-22)15-7-4-3-5-8-15)29-20(26)17-13-16(9-10-18(17)21)30(27,28)23-2/h3-5,7-10,13-14,23H,6,12H2,1-2H3. The first-order valence-electron chi connectivity index (χ1n) is 8.88. The number of para-hydroxylation sites is 1. The van der Waals surface area contributed by atoms with Crippen LogP contribution in [0.5, 0.6) is 0 Å². The molecule has 158 valence electrons. The molecule has 1 N–H and O–H groups in total. The van der Waals surface area contributed by atoms with Crippen LogP contribution < -0.4 is 9.62 Å². The fraction of sp³-hybridized carbons (Fsp3) is 0.250. The predicted molar refractivity (Wildman–Crippen MR) is 112 cm³/mol. The summed E-state index contributed by atoms with van der Waals surface area (Å²) < 4.78 is 31.3. The zero-order valence-corrected chi connectivity index (χ0v) is 17.9. The molecule has 1 unspecified atom stereocenters. The number of esters is 1. The highest BCUT2D eigenvalue weighted by atomic mass is 35.5. The van der Waals surface area contributed by atoms with Crippen LogP contribution in [0.3, 0.4) is 0 Å². The minimum Gasteiger partial charge on any atom is -0.449 e. The van der Waals surface area contributed by atoms with Gasteiger partial charge in [0.05, 0.1) is 28.0 Å². The van der Waals surface area contributed by atoms with E-state index in [4.69, 9.17) is 21.6 Å². The van der Waals surface area contributed by atoms with E-state index in [1.807, 2.05) is 6.07 Å². The van der Waals surface area contributed by atoms with E-state index < -0.39 is 28.0 Å². The zero-order chi connectivity index (χ0) is 22.3. The maximum absolute atomic E-state index is 12.9. The van der Waals surface area contributed by atoms with Crippen molar-refractivity contribution in [3.05, 3.63) is 59.1 Å². The Kier molecular flexibility index (Phi) is 7.94. The summed E-state index contributed by atoms with van der Waals surface area (Å²) in [7, 11) is -2.56. The van der Waals surface area contributed by atoms with Gasteiger partial charge in [0.25, 0.3) is 5.91 Å². The Morgan fingerprint density at radius 3 is 2.50 bits per heavy atom. The van der Waals surface area contributed by atoms with Crippen molar-refractivity contribution in [2.75, 3.05) is 18.5 Å². The zero-order valence-electron chi connectivity index (χ0n) is 16.3. The lowest BCUT2D eigenvalue weighted by molar-refractivity contribution is -0.126. The van der Waals surface area contributed by atoms with Crippen LogP contribution in [-0.4, -0.2) is 40.0 Å². The van der Waals surface area contributed by atoms with Crippen LogP contribution >= 0.6 is 11.6 Å². The molecule has 0 saturated heterocycles. The highest BCUT2D eigenvalue weighted by Crippen LogP contribution is 2.23. The second-order valence-electron chi connectivity index (χ2n) is 6.13. The summed E-state index contributed by atoms with van der Waals surface area (Å²) in [6.45, 7) is 1.52. The number of hydrogen-bond donors (Lipinski definition) is 1. The number of sulfonamides is 1. The van der Waals surface area contributed by atoms with Crippen molar-refractivity contribution in [2.24, 2.45) is 0 Å². The average Bonchev–Trinajstić information content (AvgIpc) is 2.74. The number of anilines is 1. The third-order valence-electron chi connectivity index (χ3n) is 4.15. The third-order valence-corrected chi connectivity index (χ3v) is 5.89. The van der Waals surface area contributed by atoms with Crippen molar-refractivity contribution in [3.63, 3.8) is 0 Å². The molecule has 30 heavy (non-hydrogen) atoms. The molecule has 0 aliphatic heterocycles. The first-order valence-corrected chi connectivity index (χ1v) is 10.7. The van der Waals surface area contributed by atoms with Crippen molar-refractivity contribution < 1.29 is 22.7 Å². The Balaban J connectivity index is 2.24. The first kappa shape index (κ1) is 23.3. The molecule has 0 fully saturated rings. The molecule has 8 nitrogen and oxygen atoms in total. The number of benzene rings is 2. The van der Waals surface area contributed by atoms with Crippen molar-refractivity contribution >= 4 is 39.2 Å². The van der Waals surface area contributed by atoms with Crippen molar-refractivity contribution in [1.82, 2.24) is 4.72 Å². The molecule has 1 atom stereocenters. The minimum absolute atomic E-state index is 0.0147. The number of carbonyl (C=O) groups is 2.